The molecule has 1 amide bonds. The fourth-order valence-corrected chi connectivity index (χ4v) is 1.90. The van der Waals surface area contributed by atoms with Crippen LogP contribution in [-0.2, 0) is 0 Å². The first-order valence-corrected chi connectivity index (χ1v) is 6.07. The molecule has 0 fully saturated rings. The first kappa shape index (κ1) is 12.2. The van der Waals surface area contributed by atoms with Crippen LogP contribution in [-0.4, -0.2) is 22.6 Å². The van der Waals surface area contributed by atoms with Crippen molar-refractivity contribution in [1.82, 2.24) is 10.3 Å². The minimum Gasteiger partial charge on any atom is -0.467 e. The van der Waals surface area contributed by atoms with E-state index in [1.807, 2.05) is 0 Å². The summed E-state index contributed by atoms with van der Waals surface area (Å²) < 4.78 is 6.09. The molecule has 0 radical (unpaired) electrons. The van der Waals surface area contributed by atoms with Gasteiger partial charge in [-0.05, 0) is 40.8 Å². The fraction of sp³-hybridized carbons (Fsp3) is 0.182. The van der Waals surface area contributed by atoms with Gasteiger partial charge in [0.1, 0.15) is 17.5 Å². The molecule has 2 aromatic rings. The maximum absolute atomic E-state index is 11.8. The van der Waals surface area contributed by atoms with Gasteiger partial charge in [-0.3, -0.25) is 4.79 Å². The number of furan rings is 1. The first-order valence-electron chi connectivity index (χ1n) is 4.99. The minimum absolute atomic E-state index is 0.211. The third-order valence-corrected chi connectivity index (χ3v) is 2.89. The molecule has 2 rings (SSSR count). The average molecular weight is 346 g/mol. The molecular formula is C11H11IN2O3. The van der Waals surface area contributed by atoms with E-state index in [1.54, 1.807) is 24.4 Å². The van der Waals surface area contributed by atoms with Crippen molar-refractivity contribution in [3.8, 4) is 0 Å². The molecule has 0 aliphatic heterocycles. The molecule has 2 heterocycles. The number of hydrogen-bond donors (Lipinski definition) is 3. The molecule has 17 heavy (non-hydrogen) atoms. The largest absolute Gasteiger partial charge is 0.467 e. The van der Waals surface area contributed by atoms with Crippen molar-refractivity contribution >= 4 is 28.5 Å². The second-order valence-electron chi connectivity index (χ2n) is 3.46. The van der Waals surface area contributed by atoms with Gasteiger partial charge < -0.3 is 19.8 Å². The third kappa shape index (κ3) is 2.89. The molecule has 0 aromatic carbocycles. The van der Waals surface area contributed by atoms with E-state index in [-0.39, 0.29) is 12.5 Å². The number of aromatic amines is 1. The summed E-state index contributed by atoms with van der Waals surface area (Å²) in [6.45, 7) is -0.211. The Kier molecular flexibility index (Phi) is 3.85. The van der Waals surface area contributed by atoms with Crippen LogP contribution in [0.2, 0.25) is 0 Å². The number of aliphatic hydroxyl groups is 1. The van der Waals surface area contributed by atoms with Gasteiger partial charge in [0, 0.05) is 9.77 Å². The van der Waals surface area contributed by atoms with E-state index >= 15 is 0 Å². The molecule has 0 aliphatic carbocycles. The lowest BCUT2D eigenvalue weighted by atomic mass is 10.2. The van der Waals surface area contributed by atoms with Crippen LogP contribution in [0.25, 0.3) is 0 Å². The van der Waals surface area contributed by atoms with E-state index in [0.717, 1.165) is 3.57 Å². The van der Waals surface area contributed by atoms with E-state index < -0.39 is 6.04 Å². The van der Waals surface area contributed by atoms with Gasteiger partial charge in [-0.25, -0.2) is 0 Å². The smallest absolute Gasteiger partial charge is 0.268 e. The maximum Gasteiger partial charge on any atom is 0.268 e. The van der Waals surface area contributed by atoms with E-state index in [1.165, 1.54) is 6.26 Å². The predicted molar refractivity (Wildman–Crippen MR) is 69.5 cm³/mol. The van der Waals surface area contributed by atoms with E-state index in [4.69, 9.17) is 4.42 Å². The average Bonchev–Trinajstić information content (AvgIpc) is 2.96. The molecule has 1 unspecified atom stereocenters. The second-order valence-corrected chi connectivity index (χ2v) is 4.70. The van der Waals surface area contributed by atoms with Crippen LogP contribution in [0.15, 0.2) is 35.1 Å². The van der Waals surface area contributed by atoms with Crippen molar-refractivity contribution in [2.45, 2.75) is 6.04 Å². The SMILES string of the molecule is O=C(NC(CO)c1ccco1)c1cc(I)c[nH]1. The maximum atomic E-state index is 11.8. The Morgan fingerprint density at radius 2 is 2.47 bits per heavy atom. The number of H-pyrrole nitrogens is 1. The lowest BCUT2D eigenvalue weighted by Crippen LogP contribution is -2.30. The fourth-order valence-electron chi connectivity index (χ4n) is 1.43. The number of nitrogens with one attached hydrogen (secondary N) is 2. The Balaban J connectivity index is 2.07. The molecule has 90 valence electrons. The van der Waals surface area contributed by atoms with Crippen LogP contribution in [0.5, 0.6) is 0 Å². The van der Waals surface area contributed by atoms with Gasteiger partial charge in [-0.15, -0.1) is 0 Å². The number of halogens is 1. The summed E-state index contributed by atoms with van der Waals surface area (Å²) in [5, 5.41) is 11.9. The zero-order valence-electron chi connectivity index (χ0n) is 8.81. The standard InChI is InChI=1S/C11H11IN2O3/c12-7-4-8(13-5-7)11(16)14-9(6-15)10-2-1-3-17-10/h1-5,9,13,15H,6H2,(H,14,16). The van der Waals surface area contributed by atoms with Crippen LogP contribution in [0, 0.1) is 3.57 Å². The normalized spacial score (nSPS) is 12.4. The van der Waals surface area contributed by atoms with Crippen LogP contribution in [0.1, 0.15) is 22.3 Å². The number of aromatic nitrogens is 1. The van der Waals surface area contributed by atoms with Gasteiger partial charge in [0.2, 0.25) is 0 Å². The van der Waals surface area contributed by atoms with E-state index in [0.29, 0.717) is 11.5 Å². The summed E-state index contributed by atoms with van der Waals surface area (Å²) in [5.41, 5.74) is 0.458. The summed E-state index contributed by atoms with van der Waals surface area (Å²) >= 11 is 2.11. The number of amides is 1. The van der Waals surface area contributed by atoms with E-state index in [9.17, 15) is 9.90 Å². The molecular weight excluding hydrogens is 335 g/mol. The quantitative estimate of drug-likeness (QED) is 0.737. The molecule has 2 aromatic heterocycles. The Morgan fingerprint density at radius 1 is 1.65 bits per heavy atom. The monoisotopic (exact) mass is 346 g/mol. The summed E-state index contributed by atoms with van der Waals surface area (Å²) in [4.78, 5) is 14.7. The summed E-state index contributed by atoms with van der Waals surface area (Å²) in [5.74, 6) is 0.255. The van der Waals surface area contributed by atoms with Gasteiger partial charge in [-0.1, -0.05) is 0 Å². The Morgan fingerprint density at radius 3 is 3.00 bits per heavy atom. The van der Waals surface area contributed by atoms with Crippen molar-refractivity contribution in [1.29, 1.82) is 0 Å². The highest BCUT2D eigenvalue weighted by Gasteiger charge is 2.17. The molecule has 0 saturated carbocycles. The van der Waals surface area contributed by atoms with Crippen molar-refractivity contribution in [2.24, 2.45) is 0 Å². The molecule has 3 N–H and O–H groups in total. The lowest BCUT2D eigenvalue weighted by Gasteiger charge is -2.12. The molecule has 0 bridgehead atoms. The van der Waals surface area contributed by atoms with Crippen LogP contribution in [0.4, 0.5) is 0 Å². The highest BCUT2D eigenvalue weighted by Crippen LogP contribution is 2.14. The highest BCUT2D eigenvalue weighted by atomic mass is 127. The Hall–Kier alpha value is -1.28. The van der Waals surface area contributed by atoms with Gasteiger partial charge in [0.25, 0.3) is 5.91 Å². The predicted octanol–water partition coefficient (Wildman–Crippen LogP) is 1.68. The zero-order valence-corrected chi connectivity index (χ0v) is 11.0. The van der Waals surface area contributed by atoms with Gasteiger partial charge >= 0.3 is 0 Å². The Labute approximate surface area is 111 Å². The van der Waals surface area contributed by atoms with Crippen LogP contribution in [0.3, 0.4) is 0 Å². The van der Waals surface area contributed by atoms with Gasteiger partial charge in [0.05, 0.1) is 12.9 Å². The molecule has 0 aliphatic rings. The molecule has 0 saturated heterocycles. The van der Waals surface area contributed by atoms with Crippen molar-refractivity contribution in [2.75, 3.05) is 6.61 Å². The topological polar surface area (TPSA) is 78.3 Å². The van der Waals surface area contributed by atoms with Crippen molar-refractivity contribution in [3.63, 3.8) is 0 Å². The number of rotatable bonds is 4. The van der Waals surface area contributed by atoms with Crippen molar-refractivity contribution in [3.05, 3.63) is 45.7 Å². The third-order valence-electron chi connectivity index (χ3n) is 2.27. The van der Waals surface area contributed by atoms with Gasteiger partial charge in [-0.2, -0.15) is 0 Å². The van der Waals surface area contributed by atoms with Crippen molar-refractivity contribution < 1.29 is 14.3 Å². The summed E-state index contributed by atoms with van der Waals surface area (Å²) in [6, 6.07) is 4.62. The molecule has 6 heteroatoms. The number of hydrogen-bond acceptors (Lipinski definition) is 3. The number of aliphatic hydroxyl groups excluding tert-OH is 1. The van der Waals surface area contributed by atoms with Crippen LogP contribution < -0.4 is 5.32 Å². The van der Waals surface area contributed by atoms with Crippen LogP contribution >= 0.6 is 22.6 Å². The first-order chi connectivity index (χ1) is 8.20. The summed E-state index contributed by atoms with van der Waals surface area (Å²) in [7, 11) is 0. The minimum atomic E-state index is -0.529. The number of carbonyl (C=O) groups is 1. The summed E-state index contributed by atoms with van der Waals surface area (Å²) in [6.07, 6.45) is 3.23. The lowest BCUT2D eigenvalue weighted by molar-refractivity contribution is 0.0903. The van der Waals surface area contributed by atoms with E-state index in [2.05, 4.69) is 32.9 Å². The molecule has 5 nitrogen and oxygen atoms in total. The highest BCUT2D eigenvalue weighted by molar-refractivity contribution is 14.1. The van der Waals surface area contributed by atoms with Gasteiger partial charge in [0.15, 0.2) is 0 Å². The second kappa shape index (κ2) is 5.37. The zero-order chi connectivity index (χ0) is 12.3. The number of carbonyl (C=O) groups excluding carboxylic acids is 1. The Bertz CT molecular complexity index is 493. The molecule has 1 atom stereocenters. The molecule has 0 spiro atoms.